The average molecular weight is 181 g/mol. The SMILES string of the molecule is CC1CC(C(C)C(C)C)=NN=C1N. The number of nitrogens with zero attached hydrogens (tertiary/aromatic N) is 2. The van der Waals surface area contributed by atoms with Crippen LogP contribution in [-0.2, 0) is 0 Å². The zero-order valence-corrected chi connectivity index (χ0v) is 8.91. The second-order valence-electron chi connectivity index (χ2n) is 4.25. The Bertz CT molecular complexity index is 241. The molecule has 0 radical (unpaired) electrons. The molecule has 1 heterocycles. The Hall–Kier alpha value is -0.860. The van der Waals surface area contributed by atoms with Crippen LogP contribution in [0.1, 0.15) is 34.1 Å². The first kappa shape index (κ1) is 10.2. The van der Waals surface area contributed by atoms with Gasteiger partial charge in [-0.05, 0) is 18.3 Å². The molecular formula is C10H19N3. The predicted octanol–water partition coefficient (Wildman–Crippen LogP) is 2.03. The molecule has 1 aliphatic heterocycles. The van der Waals surface area contributed by atoms with E-state index in [0.717, 1.165) is 6.42 Å². The summed E-state index contributed by atoms with van der Waals surface area (Å²) in [4.78, 5) is 0. The highest BCUT2D eigenvalue weighted by Crippen LogP contribution is 2.20. The van der Waals surface area contributed by atoms with Gasteiger partial charge in [0.25, 0.3) is 0 Å². The van der Waals surface area contributed by atoms with E-state index in [4.69, 9.17) is 5.73 Å². The van der Waals surface area contributed by atoms with E-state index in [1.165, 1.54) is 5.71 Å². The lowest BCUT2D eigenvalue weighted by molar-refractivity contribution is 0.516. The summed E-state index contributed by atoms with van der Waals surface area (Å²) < 4.78 is 0. The molecule has 0 fully saturated rings. The third kappa shape index (κ3) is 2.29. The topological polar surface area (TPSA) is 50.7 Å². The highest BCUT2D eigenvalue weighted by molar-refractivity contribution is 5.95. The highest BCUT2D eigenvalue weighted by atomic mass is 15.2. The van der Waals surface area contributed by atoms with Gasteiger partial charge < -0.3 is 5.73 Å². The van der Waals surface area contributed by atoms with Gasteiger partial charge in [-0.3, -0.25) is 0 Å². The van der Waals surface area contributed by atoms with E-state index in [-0.39, 0.29) is 0 Å². The van der Waals surface area contributed by atoms with Crippen LogP contribution in [0.4, 0.5) is 0 Å². The van der Waals surface area contributed by atoms with Crippen LogP contribution in [0.3, 0.4) is 0 Å². The molecule has 74 valence electrons. The fourth-order valence-electron chi connectivity index (χ4n) is 1.34. The van der Waals surface area contributed by atoms with Gasteiger partial charge in [0.05, 0.1) is 0 Å². The van der Waals surface area contributed by atoms with E-state index in [1.807, 2.05) is 0 Å². The molecule has 0 aromatic heterocycles. The van der Waals surface area contributed by atoms with Crippen molar-refractivity contribution in [2.45, 2.75) is 34.1 Å². The van der Waals surface area contributed by atoms with Crippen molar-refractivity contribution in [2.24, 2.45) is 33.7 Å². The predicted molar refractivity (Wildman–Crippen MR) is 56.8 cm³/mol. The minimum atomic E-state index is 0.355. The average Bonchev–Trinajstić information content (AvgIpc) is 2.08. The van der Waals surface area contributed by atoms with Crippen LogP contribution in [0.15, 0.2) is 10.2 Å². The minimum Gasteiger partial charge on any atom is -0.385 e. The molecule has 0 amide bonds. The van der Waals surface area contributed by atoms with E-state index in [1.54, 1.807) is 0 Å². The zero-order chi connectivity index (χ0) is 10.0. The van der Waals surface area contributed by atoms with Gasteiger partial charge in [-0.1, -0.05) is 27.7 Å². The maximum absolute atomic E-state index is 5.66. The van der Waals surface area contributed by atoms with Crippen LogP contribution in [-0.4, -0.2) is 11.5 Å². The van der Waals surface area contributed by atoms with Crippen molar-refractivity contribution in [3.8, 4) is 0 Å². The van der Waals surface area contributed by atoms with Gasteiger partial charge in [0.15, 0.2) is 0 Å². The first-order valence-electron chi connectivity index (χ1n) is 4.92. The van der Waals surface area contributed by atoms with Crippen molar-refractivity contribution in [1.82, 2.24) is 0 Å². The van der Waals surface area contributed by atoms with Crippen molar-refractivity contribution in [2.75, 3.05) is 0 Å². The van der Waals surface area contributed by atoms with Crippen LogP contribution in [0, 0.1) is 17.8 Å². The van der Waals surface area contributed by atoms with Crippen LogP contribution in [0.5, 0.6) is 0 Å². The van der Waals surface area contributed by atoms with Gasteiger partial charge in [-0.2, -0.15) is 5.10 Å². The van der Waals surface area contributed by atoms with Crippen LogP contribution in [0.25, 0.3) is 0 Å². The molecule has 0 aromatic carbocycles. The van der Waals surface area contributed by atoms with Gasteiger partial charge in [0, 0.05) is 11.6 Å². The summed E-state index contributed by atoms with van der Waals surface area (Å²) in [5, 5.41) is 8.14. The Labute approximate surface area is 80.1 Å². The monoisotopic (exact) mass is 181 g/mol. The molecule has 1 aliphatic rings. The lowest BCUT2D eigenvalue weighted by Crippen LogP contribution is -2.30. The van der Waals surface area contributed by atoms with Gasteiger partial charge in [-0.25, -0.2) is 0 Å². The van der Waals surface area contributed by atoms with E-state index in [9.17, 15) is 0 Å². The Morgan fingerprint density at radius 1 is 1.31 bits per heavy atom. The Morgan fingerprint density at radius 2 is 1.92 bits per heavy atom. The second-order valence-corrected chi connectivity index (χ2v) is 4.25. The van der Waals surface area contributed by atoms with E-state index < -0.39 is 0 Å². The summed E-state index contributed by atoms with van der Waals surface area (Å²) in [5.74, 6) is 2.16. The molecule has 2 atom stereocenters. The number of hydrogen-bond donors (Lipinski definition) is 1. The number of rotatable bonds is 2. The number of hydrogen-bond acceptors (Lipinski definition) is 3. The fraction of sp³-hybridized carbons (Fsp3) is 0.800. The van der Waals surface area contributed by atoms with Crippen molar-refractivity contribution in [3.63, 3.8) is 0 Å². The first-order chi connectivity index (χ1) is 6.02. The van der Waals surface area contributed by atoms with E-state index in [2.05, 4.69) is 37.9 Å². The highest BCUT2D eigenvalue weighted by Gasteiger charge is 2.21. The van der Waals surface area contributed by atoms with Crippen LogP contribution in [0.2, 0.25) is 0 Å². The maximum atomic E-state index is 5.66. The molecule has 3 nitrogen and oxygen atoms in total. The van der Waals surface area contributed by atoms with Crippen LogP contribution < -0.4 is 5.73 Å². The molecule has 2 N–H and O–H groups in total. The normalized spacial score (nSPS) is 25.5. The third-order valence-corrected chi connectivity index (χ3v) is 2.84. The van der Waals surface area contributed by atoms with Gasteiger partial charge in [-0.15, -0.1) is 5.10 Å². The molecule has 13 heavy (non-hydrogen) atoms. The second kappa shape index (κ2) is 3.90. The molecule has 0 aliphatic carbocycles. The molecule has 3 heteroatoms. The van der Waals surface area contributed by atoms with E-state index >= 15 is 0 Å². The summed E-state index contributed by atoms with van der Waals surface area (Å²) >= 11 is 0. The number of amidine groups is 1. The van der Waals surface area contributed by atoms with Gasteiger partial charge in [0.2, 0.25) is 0 Å². The molecular weight excluding hydrogens is 162 g/mol. The largest absolute Gasteiger partial charge is 0.385 e. The molecule has 1 rings (SSSR count). The molecule has 0 saturated carbocycles. The molecule has 0 aromatic rings. The number of nitrogens with two attached hydrogens (primary N) is 1. The fourth-order valence-corrected chi connectivity index (χ4v) is 1.34. The summed E-state index contributed by atoms with van der Waals surface area (Å²) in [6.45, 7) is 8.72. The maximum Gasteiger partial charge on any atom is 0.125 e. The Balaban J connectivity index is 2.73. The van der Waals surface area contributed by atoms with Crippen molar-refractivity contribution in [3.05, 3.63) is 0 Å². The Kier molecular flexibility index (Phi) is 3.07. The summed E-state index contributed by atoms with van der Waals surface area (Å²) in [7, 11) is 0. The standard InChI is InChI=1S/C10H19N3/c1-6(2)8(4)9-5-7(3)10(11)13-12-9/h6-8H,5H2,1-4H3,(H2,11,13). The minimum absolute atomic E-state index is 0.355. The van der Waals surface area contributed by atoms with Gasteiger partial charge >= 0.3 is 0 Å². The van der Waals surface area contributed by atoms with Gasteiger partial charge in [0.1, 0.15) is 5.84 Å². The Morgan fingerprint density at radius 3 is 2.38 bits per heavy atom. The summed E-state index contributed by atoms with van der Waals surface area (Å²) in [5.41, 5.74) is 6.85. The lowest BCUT2D eigenvalue weighted by Gasteiger charge is -2.22. The molecule has 0 bridgehead atoms. The smallest absolute Gasteiger partial charge is 0.125 e. The first-order valence-corrected chi connectivity index (χ1v) is 4.92. The van der Waals surface area contributed by atoms with Crippen LogP contribution >= 0.6 is 0 Å². The van der Waals surface area contributed by atoms with Crippen molar-refractivity contribution >= 4 is 11.5 Å². The summed E-state index contributed by atoms with van der Waals surface area (Å²) in [6, 6.07) is 0. The van der Waals surface area contributed by atoms with Crippen molar-refractivity contribution < 1.29 is 0 Å². The lowest BCUT2D eigenvalue weighted by atomic mass is 9.87. The third-order valence-electron chi connectivity index (χ3n) is 2.84. The molecule has 0 saturated heterocycles. The van der Waals surface area contributed by atoms with E-state index in [0.29, 0.717) is 23.6 Å². The van der Waals surface area contributed by atoms with Crippen molar-refractivity contribution in [1.29, 1.82) is 0 Å². The quantitative estimate of drug-likeness (QED) is 0.696. The zero-order valence-electron chi connectivity index (χ0n) is 8.91. The molecule has 2 unspecified atom stereocenters. The summed E-state index contributed by atoms with van der Waals surface area (Å²) in [6.07, 6.45) is 0.967. The molecule has 0 spiro atoms.